The first kappa shape index (κ1) is 18.9. The third kappa shape index (κ3) is 4.07. The fourth-order valence-electron chi connectivity index (χ4n) is 2.65. The standard InChI is InChI=1S/C21H18N4O3/c1-14-8-9-15(2)18(10-14)21(27)28-13-19(26)24-20-16(11-22)12-23-25(20)17-6-4-3-5-7-17/h3-10,12H,13H2,1-2H3,(H,24,26). The van der Waals surface area contributed by atoms with E-state index in [1.807, 2.05) is 43.3 Å². The van der Waals surface area contributed by atoms with Crippen LogP contribution in [-0.4, -0.2) is 28.3 Å². The van der Waals surface area contributed by atoms with E-state index in [0.29, 0.717) is 11.3 Å². The van der Waals surface area contributed by atoms with Gasteiger partial charge >= 0.3 is 5.97 Å². The minimum absolute atomic E-state index is 0.207. The molecule has 3 rings (SSSR count). The summed E-state index contributed by atoms with van der Waals surface area (Å²) >= 11 is 0. The summed E-state index contributed by atoms with van der Waals surface area (Å²) in [5.41, 5.74) is 3.00. The van der Waals surface area contributed by atoms with Crippen LogP contribution in [0.5, 0.6) is 0 Å². The number of carbonyl (C=O) groups excluding carboxylic acids is 2. The average molecular weight is 374 g/mol. The van der Waals surface area contributed by atoms with Gasteiger partial charge < -0.3 is 10.1 Å². The van der Waals surface area contributed by atoms with E-state index in [1.165, 1.54) is 10.9 Å². The molecule has 0 saturated carbocycles. The van der Waals surface area contributed by atoms with E-state index in [4.69, 9.17) is 4.74 Å². The Labute approximate surface area is 162 Å². The number of rotatable bonds is 5. The molecule has 0 fully saturated rings. The molecular formula is C21H18N4O3. The lowest BCUT2D eigenvalue weighted by Crippen LogP contribution is -2.23. The zero-order chi connectivity index (χ0) is 20.1. The van der Waals surface area contributed by atoms with E-state index in [0.717, 1.165) is 11.1 Å². The first-order valence-electron chi connectivity index (χ1n) is 8.57. The van der Waals surface area contributed by atoms with Crippen molar-refractivity contribution in [3.05, 3.63) is 77.0 Å². The van der Waals surface area contributed by atoms with Gasteiger partial charge in [-0.25, -0.2) is 9.48 Å². The number of nitrogens with zero attached hydrogens (tertiary/aromatic N) is 3. The Hall–Kier alpha value is -3.92. The van der Waals surface area contributed by atoms with Gasteiger partial charge in [0.05, 0.1) is 17.4 Å². The van der Waals surface area contributed by atoms with E-state index >= 15 is 0 Å². The quantitative estimate of drug-likeness (QED) is 0.692. The number of hydrogen-bond acceptors (Lipinski definition) is 5. The van der Waals surface area contributed by atoms with Gasteiger partial charge in [0.2, 0.25) is 0 Å². The van der Waals surface area contributed by atoms with E-state index in [2.05, 4.69) is 10.4 Å². The molecule has 0 aliphatic heterocycles. The van der Waals surface area contributed by atoms with Crippen molar-refractivity contribution in [1.82, 2.24) is 9.78 Å². The Balaban J connectivity index is 1.72. The highest BCUT2D eigenvalue weighted by Gasteiger charge is 2.17. The van der Waals surface area contributed by atoms with Crippen molar-refractivity contribution in [3.63, 3.8) is 0 Å². The predicted molar refractivity (Wildman–Crippen MR) is 103 cm³/mol. The number of hydrogen-bond donors (Lipinski definition) is 1. The van der Waals surface area contributed by atoms with Crippen molar-refractivity contribution in [2.45, 2.75) is 13.8 Å². The molecule has 0 unspecified atom stereocenters. The smallest absolute Gasteiger partial charge is 0.338 e. The van der Waals surface area contributed by atoms with Crippen molar-refractivity contribution < 1.29 is 14.3 Å². The van der Waals surface area contributed by atoms with Gasteiger partial charge in [-0.3, -0.25) is 4.79 Å². The number of benzene rings is 2. The third-order valence-electron chi connectivity index (χ3n) is 4.10. The lowest BCUT2D eigenvalue weighted by atomic mass is 10.1. The third-order valence-corrected chi connectivity index (χ3v) is 4.10. The average Bonchev–Trinajstić information content (AvgIpc) is 3.11. The van der Waals surface area contributed by atoms with Gasteiger partial charge in [0.15, 0.2) is 12.4 Å². The van der Waals surface area contributed by atoms with Crippen molar-refractivity contribution in [1.29, 1.82) is 5.26 Å². The fraction of sp³-hybridized carbons (Fsp3) is 0.143. The molecule has 0 aliphatic rings. The van der Waals surface area contributed by atoms with Crippen LogP contribution in [0.1, 0.15) is 27.0 Å². The SMILES string of the molecule is Cc1ccc(C)c(C(=O)OCC(=O)Nc2c(C#N)cnn2-c2ccccc2)c1. The van der Waals surface area contributed by atoms with E-state index in [-0.39, 0.29) is 11.4 Å². The number of ether oxygens (including phenoxy) is 1. The van der Waals surface area contributed by atoms with Crippen molar-refractivity contribution >= 4 is 17.7 Å². The molecule has 1 heterocycles. The lowest BCUT2D eigenvalue weighted by Gasteiger charge is -2.11. The topological polar surface area (TPSA) is 97.0 Å². The molecule has 140 valence electrons. The van der Waals surface area contributed by atoms with Crippen LogP contribution in [0.15, 0.2) is 54.7 Å². The molecule has 1 amide bonds. The summed E-state index contributed by atoms with van der Waals surface area (Å²) in [5.74, 6) is -0.914. The van der Waals surface area contributed by atoms with Crippen LogP contribution < -0.4 is 5.32 Å². The number of aromatic nitrogens is 2. The molecule has 3 aromatic rings. The molecule has 1 aromatic heterocycles. The van der Waals surface area contributed by atoms with Crippen molar-refractivity contribution in [2.24, 2.45) is 0 Å². The van der Waals surface area contributed by atoms with E-state index in [1.54, 1.807) is 25.1 Å². The number of nitriles is 1. The molecular weight excluding hydrogens is 356 g/mol. The first-order valence-corrected chi connectivity index (χ1v) is 8.57. The number of para-hydroxylation sites is 1. The predicted octanol–water partition coefficient (Wildman–Crippen LogP) is 3.16. The summed E-state index contributed by atoms with van der Waals surface area (Å²) < 4.78 is 6.58. The molecule has 7 nitrogen and oxygen atoms in total. The Morgan fingerprint density at radius 3 is 2.64 bits per heavy atom. The number of aryl methyl sites for hydroxylation is 2. The summed E-state index contributed by atoms with van der Waals surface area (Å²) in [6.07, 6.45) is 1.37. The molecule has 0 saturated heterocycles. The normalized spacial score (nSPS) is 10.2. The summed E-state index contributed by atoms with van der Waals surface area (Å²) in [7, 11) is 0. The maximum atomic E-state index is 12.3. The van der Waals surface area contributed by atoms with E-state index in [9.17, 15) is 14.9 Å². The highest BCUT2D eigenvalue weighted by atomic mass is 16.5. The van der Waals surface area contributed by atoms with Gasteiger partial charge in [0.25, 0.3) is 5.91 Å². The molecule has 2 aromatic carbocycles. The summed E-state index contributed by atoms with van der Waals surface area (Å²) in [6, 6.07) is 16.5. The zero-order valence-electron chi connectivity index (χ0n) is 15.5. The Bertz CT molecular complexity index is 1060. The number of anilines is 1. The molecule has 0 aliphatic carbocycles. The summed E-state index contributed by atoms with van der Waals surface area (Å²) in [4.78, 5) is 24.6. The minimum atomic E-state index is -0.576. The summed E-state index contributed by atoms with van der Waals surface area (Å²) in [5, 5.41) is 16.0. The van der Waals surface area contributed by atoms with Crippen LogP contribution in [-0.2, 0) is 9.53 Å². The van der Waals surface area contributed by atoms with Crippen LogP contribution in [0.4, 0.5) is 5.82 Å². The molecule has 0 spiro atoms. The molecule has 0 radical (unpaired) electrons. The van der Waals surface area contributed by atoms with Gasteiger partial charge in [-0.15, -0.1) is 0 Å². The second-order valence-electron chi connectivity index (χ2n) is 6.21. The Morgan fingerprint density at radius 1 is 1.18 bits per heavy atom. The van der Waals surface area contributed by atoms with E-state index < -0.39 is 18.5 Å². The van der Waals surface area contributed by atoms with Crippen molar-refractivity contribution in [2.75, 3.05) is 11.9 Å². The van der Waals surface area contributed by atoms with Crippen LogP contribution in [0, 0.1) is 25.2 Å². The second kappa shape index (κ2) is 8.18. The zero-order valence-corrected chi connectivity index (χ0v) is 15.5. The molecule has 7 heteroatoms. The highest BCUT2D eigenvalue weighted by Crippen LogP contribution is 2.19. The Morgan fingerprint density at radius 2 is 1.93 bits per heavy atom. The van der Waals surface area contributed by atoms with Gasteiger partial charge in [-0.05, 0) is 37.6 Å². The van der Waals surface area contributed by atoms with Crippen molar-refractivity contribution in [3.8, 4) is 11.8 Å². The van der Waals surface area contributed by atoms with Gasteiger partial charge in [-0.2, -0.15) is 10.4 Å². The second-order valence-corrected chi connectivity index (χ2v) is 6.21. The number of esters is 1. The van der Waals surface area contributed by atoms with Crippen LogP contribution >= 0.6 is 0 Å². The fourth-order valence-corrected chi connectivity index (χ4v) is 2.65. The van der Waals surface area contributed by atoms with Gasteiger partial charge in [0, 0.05) is 0 Å². The van der Waals surface area contributed by atoms with Gasteiger partial charge in [0.1, 0.15) is 11.6 Å². The number of amides is 1. The molecule has 28 heavy (non-hydrogen) atoms. The maximum absolute atomic E-state index is 12.3. The molecule has 0 atom stereocenters. The van der Waals surface area contributed by atoms with Crippen LogP contribution in [0.25, 0.3) is 5.69 Å². The van der Waals surface area contributed by atoms with Crippen LogP contribution in [0.2, 0.25) is 0 Å². The largest absolute Gasteiger partial charge is 0.452 e. The Kier molecular flexibility index (Phi) is 5.51. The number of carbonyl (C=O) groups is 2. The summed E-state index contributed by atoms with van der Waals surface area (Å²) in [6.45, 7) is 3.20. The van der Waals surface area contributed by atoms with Gasteiger partial charge in [-0.1, -0.05) is 35.9 Å². The number of nitrogens with one attached hydrogen (secondary N) is 1. The minimum Gasteiger partial charge on any atom is -0.452 e. The monoisotopic (exact) mass is 374 g/mol. The lowest BCUT2D eigenvalue weighted by molar-refractivity contribution is -0.119. The first-order chi connectivity index (χ1) is 13.5. The highest BCUT2D eigenvalue weighted by molar-refractivity contribution is 5.96. The van der Waals surface area contributed by atoms with Crippen LogP contribution in [0.3, 0.4) is 0 Å². The maximum Gasteiger partial charge on any atom is 0.338 e. The molecule has 0 bridgehead atoms. The molecule has 1 N–H and O–H groups in total.